The van der Waals surface area contributed by atoms with Crippen molar-refractivity contribution in [2.24, 2.45) is 16.8 Å². The maximum absolute atomic E-state index is 14.3. The fraction of sp³-hybridized carbons (Fsp3) is 0.500. The van der Waals surface area contributed by atoms with Crippen molar-refractivity contribution < 1.29 is 19.1 Å². The van der Waals surface area contributed by atoms with Crippen molar-refractivity contribution in [3.05, 3.63) is 64.3 Å². The Hall–Kier alpha value is -3.52. The summed E-state index contributed by atoms with van der Waals surface area (Å²) in [5.74, 6) is -0.235. The topological polar surface area (TPSA) is 82.5 Å². The van der Waals surface area contributed by atoms with E-state index < -0.39 is 0 Å². The van der Waals surface area contributed by atoms with E-state index in [-0.39, 0.29) is 35.9 Å². The SMILES string of the molecule is COC(=O)c1ccc2c(c1)N1/C(C3CCCCC3)=C3/C=NC=CN3CC3=C(C(=O)C(CCN(C)C)CC3=O)C1C2. The zero-order chi connectivity index (χ0) is 28.0. The minimum Gasteiger partial charge on any atom is -0.465 e. The van der Waals surface area contributed by atoms with Gasteiger partial charge in [0, 0.05) is 53.2 Å². The van der Waals surface area contributed by atoms with E-state index in [4.69, 9.17) is 4.74 Å². The quantitative estimate of drug-likeness (QED) is 0.514. The Morgan fingerprint density at radius 3 is 2.67 bits per heavy atom. The standard InChI is InChI=1S/C32H38N4O4/c1-34(2)13-11-22-17-28(37)24-19-35-14-12-33-18-27(35)30(20-7-5-4-6-8-20)36-25-16-23(32(39)40-3)10-9-21(25)15-26(36)29(24)31(22)38/h9-10,12,14,16,18,20,22,26H,4-8,11,13,15,17,19H2,1-3H3/b30-27-. The van der Waals surface area contributed by atoms with Crippen LogP contribution in [0.5, 0.6) is 0 Å². The molecule has 0 radical (unpaired) electrons. The van der Waals surface area contributed by atoms with E-state index in [1.807, 2.05) is 38.6 Å². The number of nitrogens with zero attached hydrogens (tertiary/aromatic N) is 4. The number of aliphatic imine (C=N–C) groups is 1. The first-order valence-electron chi connectivity index (χ1n) is 14.5. The van der Waals surface area contributed by atoms with Crippen LogP contribution in [0.15, 0.2) is 58.1 Å². The molecule has 0 bridgehead atoms. The number of anilines is 1. The van der Waals surface area contributed by atoms with Crippen LogP contribution >= 0.6 is 0 Å². The average molecular weight is 543 g/mol. The zero-order valence-corrected chi connectivity index (χ0v) is 23.7. The third-order valence-electron chi connectivity index (χ3n) is 9.16. The number of hydrogen-bond acceptors (Lipinski definition) is 8. The number of methoxy groups -OCH3 is 1. The summed E-state index contributed by atoms with van der Waals surface area (Å²) < 4.78 is 5.06. The third-order valence-corrected chi connectivity index (χ3v) is 9.16. The second-order valence-corrected chi connectivity index (χ2v) is 11.9. The molecule has 3 heterocycles. The molecule has 0 amide bonds. The normalized spacial score (nSPS) is 26.4. The molecule has 3 aliphatic heterocycles. The molecular formula is C32H38N4O4. The van der Waals surface area contributed by atoms with Crippen LogP contribution in [0.25, 0.3) is 0 Å². The zero-order valence-electron chi connectivity index (χ0n) is 23.7. The maximum Gasteiger partial charge on any atom is 0.337 e. The molecule has 2 atom stereocenters. The van der Waals surface area contributed by atoms with Crippen molar-refractivity contribution in [1.82, 2.24) is 9.80 Å². The highest BCUT2D eigenvalue weighted by Gasteiger charge is 2.47. The van der Waals surface area contributed by atoms with Gasteiger partial charge in [0.25, 0.3) is 0 Å². The number of carbonyl (C=O) groups excluding carboxylic acids is 3. The van der Waals surface area contributed by atoms with Gasteiger partial charge in [0.1, 0.15) is 0 Å². The number of ketones is 2. The Bertz CT molecular complexity index is 1360. The molecule has 0 spiro atoms. The molecular weight excluding hydrogens is 504 g/mol. The van der Waals surface area contributed by atoms with Crippen molar-refractivity contribution in [3.8, 4) is 0 Å². The fourth-order valence-corrected chi connectivity index (χ4v) is 7.16. The molecule has 0 N–H and O–H groups in total. The summed E-state index contributed by atoms with van der Waals surface area (Å²) in [5.41, 5.74) is 5.91. The summed E-state index contributed by atoms with van der Waals surface area (Å²) in [6.45, 7) is 1.13. The average Bonchev–Trinajstić information content (AvgIpc) is 3.31. The summed E-state index contributed by atoms with van der Waals surface area (Å²) in [7, 11) is 5.39. The van der Waals surface area contributed by atoms with Crippen LogP contribution in [0.3, 0.4) is 0 Å². The minimum atomic E-state index is -0.387. The number of allylic oxidation sites excluding steroid dienone is 2. The predicted molar refractivity (Wildman–Crippen MR) is 154 cm³/mol. The monoisotopic (exact) mass is 542 g/mol. The van der Waals surface area contributed by atoms with Gasteiger partial charge < -0.3 is 19.4 Å². The highest BCUT2D eigenvalue weighted by molar-refractivity contribution is 6.14. The van der Waals surface area contributed by atoms with Gasteiger partial charge in [0.2, 0.25) is 0 Å². The van der Waals surface area contributed by atoms with E-state index in [0.29, 0.717) is 42.0 Å². The van der Waals surface area contributed by atoms with Crippen molar-refractivity contribution >= 4 is 29.4 Å². The number of esters is 1. The van der Waals surface area contributed by atoms with Gasteiger partial charge in [0.15, 0.2) is 11.6 Å². The molecule has 210 valence electrons. The van der Waals surface area contributed by atoms with Gasteiger partial charge in [0.05, 0.1) is 37.2 Å². The molecule has 1 saturated carbocycles. The lowest BCUT2D eigenvalue weighted by Gasteiger charge is -2.44. The van der Waals surface area contributed by atoms with Crippen molar-refractivity contribution in [2.45, 2.75) is 57.4 Å². The van der Waals surface area contributed by atoms with Crippen LogP contribution in [-0.4, -0.2) is 73.9 Å². The molecule has 6 rings (SSSR count). The Labute approximate surface area is 236 Å². The number of carbonyl (C=O) groups is 3. The van der Waals surface area contributed by atoms with Crippen molar-refractivity contribution in [3.63, 3.8) is 0 Å². The van der Waals surface area contributed by atoms with Gasteiger partial charge in [-0.1, -0.05) is 25.3 Å². The molecule has 0 saturated heterocycles. The molecule has 5 aliphatic rings. The minimum absolute atomic E-state index is 0.0703. The molecule has 8 heteroatoms. The molecule has 1 aromatic carbocycles. The van der Waals surface area contributed by atoms with Crippen molar-refractivity contribution in [1.29, 1.82) is 0 Å². The van der Waals surface area contributed by atoms with E-state index >= 15 is 0 Å². The summed E-state index contributed by atoms with van der Waals surface area (Å²) in [6, 6.07) is 5.41. The lowest BCUT2D eigenvalue weighted by molar-refractivity contribution is -0.126. The predicted octanol–water partition coefficient (Wildman–Crippen LogP) is 4.27. The third kappa shape index (κ3) is 4.62. The largest absolute Gasteiger partial charge is 0.465 e. The highest BCUT2D eigenvalue weighted by Crippen LogP contribution is 2.48. The van der Waals surface area contributed by atoms with Crippen LogP contribution in [0.1, 0.15) is 60.9 Å². The molecule has 0 aromatic heterocycles. The highest BCUT2D eigenvalue weighted by atomic mass is 16.5. The lowest BCUT2D eigenvalue weighted by atomic mass is 9.75. The second-order valence-electron chi connectivity index (χ2n) is 11.9. The summed E-state index contributed by atoms with van der Waals surface area (Å²) in [6.07, 6.45) is 12.8. The van der Waals surface area contributed by atoms with E-state index in [2.05, 4.69) is 19.7 Å². The summed E-state index contributed by atoms with van der Waals surface area (Å²) in [4.78, 5) is 51.7. The number of rotatable bonds is 5. The number of fused-ring (bicyclic) bond motifs is 5. The Morgan fingerprint density at radius 2 is 1.93 bits per heavy atom. The van der Waals surface area contributed by atoms with Crippen LogP contribution in [0, 0.1) is 11.8 Å². The van der Waals surface area contributed by atoms with Crippen LogP contribution in [-0.2, 0) is 20.7 Å². The van der Waals surface area contributed by atoms with E-state index in [1.165, 1.54) is 13.5 Å². The van der Waals surface area contributed by atoms with Gasteiger partial charge >= 0.3 is 5.97 Å². The molecule has 40 heavy (non-hydrogen) atoms. The van der Waals surface area contributed by atoms with Gasteiger partial charge in [-0.25, -0.2) is 4.79 Å². The van der Waals surface area contributed by atoms with Gasteiger partial charge in [-0.05, 0) is 64.0 Å². The smallest absolute Gasteiger partial charge is 0.337 e. The summed E-state index contributed by atoms with van der Waals surface area (Å²) in [5, 5.41) is 0. The number of ether oxygens (including phenoxy) is 1. The Balaban J connectivity index is 1.55. The van der Waals surface area contributed by atoms with E-state index in [0.717, 1.165) is 54.9 Å². The lowest BCUT2D eigenvalue weighted by Crippen LogP contribution is -2.48. The maximum atomic E-state index is 14.3. The Morgan fingerprint density at radius 1 is 1.12 bits per heavy atom. The molecule has 8 nitrogen and oxygen atoms in total. The number of benzene rings is 1. The van der Waals surface area contributed by atoms with Gasteiger partial charge in [-0.3, -0.25) is 14.6 Å². The van der Waals surface area contributed by atoms with Crippen LogP contribution in [0.2, 0.25) is 0 Å². The molecule has 1 aromatic rings. The van der Waals surface area contributed by atoms with E-state index in [9.17, 15) is 14.4 Å². The first-order chi connectivity index (χ1) is 19.4. The van der Waals surface area contributed by atoms with E-state index in [1.54, 1.807) is 12.3 Å². The first-order valence-corrected chi connectivity index (χ1v) is 14.5. The Kier molecular flexibility index (Phi) is 7.21. The molecule has 2 aliphatic carbocycles. The fourth-order valence-electron chi connectivity index (χ4n) is 7.16. The number of hydrogen-bond donors (Lipinski definition) is 0. The molecule has 1 fully saturated rings. The first kappa shape index (κ1) is 26.7. The van der Waals surface area contributed by atoms with Gasteiger partial charge in [-0.15, -0.1) is 0 Å². The van der Waals surface area contributed by atoms with Crippen LogP contribution in [0.4, 0.5) is 5.69 Å². The molecule has 2 unspecified atom stereocenters. The summed E-state index contributed by atoms with van der Waals surface area (Å²) >= 11 is 0. The van der Waals surface area contributed by atoms with Gasteiger partial charge in [-0.2, -0.15) is 0 Å². The second kappa shape index (κ2) is 10.8. The van der Waals surface area contributed by atoms with Crippen LogP contribution < -0.4 is 4.90 Å². The van der Waals surface area contributed by atoms with Crippen molar-refractivity contribution in [2.75, 3.05) is 39.2 Å². The number of Topliss-reactive ketones (excluding diaryl/α,β-unsaturated/α-hetero) is 2.